The van der Waals surface area contributed by atoms with E-state index >= 15 is 0 Å². The van der Waals surface area contributed by atoms with Crippen LogP contribution in [0.1, 0.15) is 23.2 Å². The second kappa shape index (κ2) is 5.52. The summed E-state index contributed by atoms with van der Waals surface area (Å²) in [5.41, 5.74) is 5.78. The second-order valence-electron chi connectivity index (χ2n) is 5.06. The number of carbonyl (C=O) groups is 1. The summed E-state index contributed by atoms with van der Waals surface area (Å²) in [5, 5.41) is 0. The van der Waals surface area contributed by atoms with E-state index in [1.807, 2.05) is 7.05 Å². The van der Waals surface area contributed by atoms with Crippen molar-refractivity contribution in [1.82, 2.24) is 14.8 Å². The van der Waals surface area contributed by atoms with Gasteiger partial charge in [0.15, 0.2) is 0 Å². The molecule has 2 rings (SSSR count). The van der Waals surface area contributed by atoms with Crippen LogP contribution in [0.5, 0.6) is 0 Å². The van der Waals surface area contributed by atoms with Crippen LogP contribution >= 0.6 is 0 Å². The van der Waals surface area contributed by atoms with Gasteiger partial charge in [0.2, 0.25) is 0 Å². The molecule has 0 radical (unpaired) electrons. The lowest BCUT2D eigenvalue weighted by Crippen LogP contribution is -2.47. The molecule has 1 aliphatic rings. The van der Waals surface area contributed by atoms with Crippen LogP contribution in [0, 0.1) is 5.82 Å². The van der Waals surface area contributed by atoms with Crippen molar-refractivity contribution in [2.75, 3.05) is 32.9 Å². The van der Waals surface area contributed by atoms with Crippen molar-refractivity contribution >= 4 is 11.7 Å². The fourth-order valence-corrected chi connectivity index (χ4v) is 2.43. The molecule has 0 aromatic carbocycles. The third-order valence-electron chi connectivity index (χ3n) is 3.58. The van der Waals surface area contributed by atoms with Gasteiger partial charge >= 0.3 is 0 Å². The zero-order valence-electron chi connectivity index (χ0n) is 11.3. The molecule has 1 unspecified atom stereocenters. The summed E-state index contributed by atoms with van der Waals surface area (Å²) in [5.74, 6) is -0.751. The summed E-state index contributed by atoms with van der Waals surface area (Å²) in [6, 6.07) is 1.28. The number of hydrogen-bond acceptors (Lipinski definition) is 4. The summed E-state index contributed by atoms with van der Waals surface area (Å²) in [6.45, 7) is 1.87. The van der Waals surface area contributed by atoms with Gasteiger partial charge in [-0.1, -0.05) is 0 Å². The third kappa shape index (κ3) is 3.01. The minimum absolute atomic E-state index is 0.0717. The lowest BCUT2D eigenvalue weighted by molar-refractivity contribution is 0.0644. The Morgan fingerprint density at radius 2 is 2.37 bits per heavy atom. The van der Waals surface area contributed by atoms with Crippen LogP contribution in [0.4, 0.5) is 10.2 Å². The molecule has 104 valence electrons. The number of nitrogens with two attached hydrogens (primary N) is 1. The number of rotatable bonds is 2. The molecule has 2 heterocycles. The summed E-state index contributed by atoms with van der Waals surface area (Å²) in [7, 11) is 3.76. The van der Waals surface area contributed by atoms with Gasteiger partial charge in [-0.3, -0.25) is 4.79 Å². The number of anilines is 1. The van der Waals surface area contributed by atoms with E-state index in [0.29, 0.717) is 0 Å². The predicted octanol–water partition coefficient (Wildman–Crippen LogP) is 0.969. The average Bonchev–Trinajstić information content (AvgIpc) is 2.40. The summed E-state index contributed by atoms with van der Waals surface area (Å²) in [4.78, 5) is 19.9. The van der Waals surface area contributed by atoms with Crippen LogP contribution in [0.15, 0.2) is 12.3 Å². The van der Waals surface area contributed by atoms with E-state index in [-0.39, 0.29) is 23.3 Å². The largest absolute Gasteiger partial charge is 0.383 e. The normalized spacial score (nSPS) is 20.3. The fourth-order valence-electron chi connectivity index (χ4n) is 2.43. The first-order chi connectivity index (χ1) is 8.99. The SMILES string of the molecule is CN1CCCC(N(C)C(=O)c2cc(F)cnc2N)C1. The summed E-state index contributed by atoms with van der Waals surface area (Å²) < 4.78 is 13.2. The zero-order chi connectivity index (χ0) is 14.0. The number of nitrogen functional groups attached to an aromatic ring is 1. The molecule has 1 amide bonds. The smallest absolute Gasteiger partial charge is 0.257 e. The lowest BCUT2D eigenvalue weighted by atomic mass is 10.0. The molecule has 0 spiro atoms. The van der Waals surface area contributed by atoms with Crippen molar-refractivity contribution in [3.63, 3.8) is 0 Å². The van der Waals surface area contributed by atoms with E-state index in [4.69, 9.17) is 5.73 Å². The van der Waals surface area contributed by atoms with E-state index in [1.165, 1.54) is 0 Å². The van der Waals surface area contributed by atoms with Gasteiger partial charge in [-0.05, 0) is 32.5 Å². The summed E-state index contributed by atoms with van der Waals surface area (Å²) in [6.07, 6.45) is 3.02. The topological polar surface area (TPSA) is 62.5 Å². The van der Waals surface area contributed by atoms with Crippen LogP contribution in [0.2, 0.25) is 0 Å². The highest BCUT2D eigenvalue weighted by atomic mass is 19.1. The van der Waals surface area contributed by atoms with Crippen molar-refractivity contribution in [3.8, 4) is 0 Å². The Hall–Kier alpha value is -1.69. The van der Waals surface area contributed by atoms with Gasteiger partial charge in [-0.2, -0.15) is 0 Å². The highest BCUT2D eigenvalue weighted by Gasteiger charge is 2.26. The number of halogens is 1. The molecule has 5 nitrogen and oxygen atoms in total. The van der Waals surface area contributed by atoms with Crippen molar-refractivity contribution in [1.29, 1.82) is 0 Å². The molecule has 19 heavy (non-hydrogen) atoms. The first-order valence-electron chi connectivity index (χ1n) is 6.35. The number of amides is 1. The first kappa shape index (κ1) is 13.7. The monoisotopic (exact) mass is 266 g/mol. The standard InChI is InChI=1S/C13H19FN4O/c1-17-5-3-4-10(8-17)18(2)13(19)11-6-9(14)7-16-12(11)15/h6-7,10H,3-5,8H2,1-2H3,(H2,15,16). The quantitative estimate of drug-likeness (QED) is 0.866. The second-order valence-corrected chi connectivity index (χ2v) is 5.06. The molecule has 6 heteroatoms. The van der Waals surface area contributed by atoms with Crippen molar-refractivity contribution in [3.05, 3.63) is 23.6 Å². The van der Waals surface area contributed by atoms with E-state index in [0.717, 1.165) is 38.2 Å². The fraction of sp³-hybridized carbons (Fsp3) is 0.538. The van der Waals surface area contributed by atoms with E-state index in [1.54, 1.807) is 11.9 Å². The number of aromatic nitrogens is 1. The van der Waals surface area contributed by atoms with Gasteiger partial charge in [0, 0.05) is 19.6 Å². The highest BCUT2D eigenvalue weighted by molar-refractivity contribution is 5.98. The van der Waals surface area contributed by atoms with Crippen molar-refractivity contribution in [2.24, 2.45) is 0 Å². The number of nitrogens with zero attached hydrogens (tertiary/aromatic N) is 3. The number of likely N-dealkylation sites (N-methyl/N-ethyl adjacent to an activating group) is 2. The Morgan fingerprint density at radius 3 is 3.05 bits per heavy atom. The molecular weight excluding hydrogens is 247 g/mol. The van der Waals surface area contributed by atoms with Crippen LogP contribution in [-0.4, -0.2) is 53.9 Å². The summed E-state index contributed by atoms with van der Waals surface area (Å²) >= 11 is 0. The number of likely N-dealkylation sites (tertiary alicyclic amines) is 1. The van der Waals surface area contributed by atoms with Gasteiger partial charge in [-0.25, -0.2) is 9.37 Å². The van der Waals surface area contributed by atoms with Gasteiger partial charge in [0.05, 0.1) is 11.8 Å². The minimum atomic E-state index is -0.549. The van der Waals surface area contributed by atoms with Crippen molar-refractivity contribution < 1.29 is 9.18 Å². The van der Waals surface area contributed by atoms with E-state index < -0.39 is 5.82 Å². The van der Waals surface area contributed by atoms with E-state index in [9.17, 15) is 9.18 Å². The maximum Gasteiger partial charge on any atom is 0.257 e. The van der Waals surface area contributed by atoms with Crippen LogP contribution in [0.25, 0.3) is 0 Å². The van der Waals surface area contributed by atoms with Crippen molar-refractivity contribution in [2.45, 2.75) is 18.9 Å². The first-order valence-corrected chi connectivity index (χ1v) is 6.35. The predicted molar refractivity (Wildman–Crippen MR) is 71.2 cm³/mol. The number of piperidine rings is 1. The molecule has 1 aliphatic heterocycles. The molecule has 1 aromatic rings. The van der Waals surface area contributed by atoms with Gasteiger partial charge in [0.25, 0.3) is 5.91 Å². The minimum Gasteiger partial charge on any atom is -0.383 e. The molecule has 0 bridgehead atoms. The van der Waals surface area contributed by atoms with Crippen LogP contribution in [-0.2, 0) is 0 Å². The maximum atomic E-state index is 13.2. The Labute approximate surface area is 112 Å². The molecule has 0 aliphatic carbocycles. The van der Waals surface area contributed by atoms with Crippen LogP contribution < -0.4 is 5.73 Å². The van der Waals surface area contributed by atoms with Gasteiger partial charge in [0.1, 0.15) is 11.6 Å². The van der Waals surface area contributed by atoms with E-state index in [2.05, 4.69) is 9.88 Å². The molecule has 2 N–H and O–H groups in total. The molecule has 1 aromatic heterocycles. The molecular formula is C13H19FN4O. The Morgan fingerprint density at radius 1 is 1.63 bits per heavy atom. The maximum absolute atomic E-state index is 13.2. The number of pyridine rings is 1. The third-order valence-corrected chi connectivity index (χ3v) is 3.58. The number of carbonyl (C=O) groups excluding carboxylic acids is 1. The Bertz CT molecular complexity index is 480. The zero-order valence-corrected chi connectivity index (χ0v) is 11.3. The van der Waals surface area contributed by atoms with Gasteiger partial charge < -0.3 is 15.5 Å². The molecule has 1 atom stereocenters. The molecule has 1 fully saturated rings. The van der Waals surface area contributed by atoms with Crippen LogP contribution in [0.3, 0.4) is 0 Å². The number of hydrogen-bond donors (Lipinski definition) is 1. The van der Waals surface area contributed by atoms with Gasteiger partial charge in [-0.15, -0.1) is 0 Å². The average molecular weight is 266 g/mol. The lowest BCUT2D eigenvalue weighted by Gasteiger charge is -2.35. The molecule has 0 saturated carbocycles. The highest BCUT2D eigenvalue weighted by Crippen LogP contribution is 2.18. The Kier molecular flexibility index (Phi) is 3.99. The molecule has 1 saturated heterocycles. The Balaban J connectivity index is 2.16.